The Morgan fingerprint density at radius 2 is 1.88 bits per heavy atom. The quantitative estimate of drug-likeness (QED) is 0.863. The van der Waals surface area contributed by atoms with Gasteiger partial charge in [0.15, 0.2) is 0 Å². The van der Waals surface area contributed by atoms with Gasteiger partial charge in [-0.2, -0.15) is 0 Å². The number of pyridine rings is 1. The number of fused-ring (bicyclic) bond motifs is 1. The average molecular weight is 326 g/mol. The van der Waals surface area contributed by atoms with Gasteiger partial charge in [0, 0.05) is 12.4 Å². The van der Waals surface area contributed by atoms with Gasteiger partial charge in [-0.1, -0.05) is 31.7 Å². The average Bonchev–Trinajstić information content (AvgIpc) is 2.92. The van der Waals surface area contributed by atoms with Crippen LogP contribution in [0, 0.1) is 6.92 Å². The number of hydrogen-bond donors (Lipinski definition) is 1. The van der Waals surface area contributed by atoms with E-state index in [-0.39, 0.29) is 18.5 Å². The third-order valence-corrected chi connectivity index (χ3v) is 5.17. The highest BCUT2D eigenvalue weighted by Gasteiger charge is 2.50. The second kappa shape index (κ2) is 5.61. The third kappa shape index (κ3) is 2.46. The Labute approximate surface area is 140 Å². The van der Waals surface area contributed by atoms with Crippen LogP contribution in [0.2, 0.25) is 0 Å². The number of carbonyl (C=O) groups is 2. The van der Waals surface area contributed by atoms with E-state index in [0.717, 1.165) is 55.4 Å². The van der Waals surface area contributed by atoms with E-state index in [0.29, 0.717) is 0 Å². The highest BCUT2D eigenvalue weighted by atomic mass is 16.2. The molecule has 4 rings (SSSR count). The summed E-state index contributed by atoms with van der Waals surface area (Å²) in [6.45, 7) is 2.25. The summed E-state index contributed by atoms with van der Waals surface area (Å²) >= 11 is 0. The van der Waals surface area contributed by atoms with Gasteiger partial charge in [-0.05, 0) is 31.4 Å². The summed E-state index contributed by atoms with van der Waals surface area (Å²) < 4.78 is 1.94. The smallest absolute Gasteiger partial charge is 0.323 e. The third-order valence-electron chi connectivity index (χ3n) is 5.17. The van der Waals surface area contributed by atoms with Crippen LogP contribution in [0.4, 0.5) is 4.79 Å². The molecular weight excluding hydrogens is 304 g/mol. The lowest BCUT2D eigenvalue weighted by molar-refractivity contribution is -0.132. The van der Waals surface area contributed by atoms with E-state index in [1.54, 1.807) is 0 Å². The minimum atomic E-state index is -0.677. The van der Waals surface area contributed by atoms with Gasteiger partial charge < -0.3 is 9.72 Å². The van der Waals surface area contributed by atoms with Crippen LogP contribution in [-0.2, 0) is 11.3 Å². The fraction of sp³-hybridized carbons (Fsp3) is 0.500. The van der Waals surface area contributed by atoms with Crippen LogP contribution in [0.3, 0.4) is 0 Å². The molecule has 3 heterocycles. The van der Waals surface area contributed by atoms with E-state index >= 15 is 0 Å². The summed E-state index contributed by atoms with van der Waals surface area (Å²) in [4.78, 5) is 31.2. The first kappa shape index (κ1) is 15.2. The molecule has 6 nitrogen and oxygen atoms in total. The molecule has 1 saturated carbocycles. The molecule has 3 amide bonds. The molecule has 1 N–H and O–H groups in total. The number of aromatic nitrogens is 2. The minimum absolute atomic E-state index is 0.0809. The monoisotopic (exact) mass is 326 g/mol. The summed E-state index contributed by atoms with van der Waals surface area (Å²) in [5.41, 5.74) is 2.02. The van der Waals surface area contributed by atoms with E-state index in [9.17, 15) is 9.59 Å². The first-order valence-corrected chi connectivity index (χ1v) is 8.66. The molecule has 6 heteroatoms. The van der Waals surface area contributed by atoms with Gasteiger partial charge in [-0.15, -0.1) is 0 Å². The Bertz CT molecular complexity index is 802. The number of hydrogen-bond acceptors (Lipinski definition) is 3. The van der Waals surface area contributed by atoms with Crippen LogP contribution in [-0.4, -0.2) is 31.8 Å². The number of imide groups is 1. The maximum atomic E-state index is 12.9. The summed E-state index contributed by atoms with van der Waals surface area (Å²) in [7, 11) is 0. The first-order chi connectivity index (χ1) is 11.6. The van der Waals surface area contributed by atoms with E-state index in [1.807, 2.05) is 35.9 Å². The number of urea groups is 1. The van der Waals surface area contributed by atoms with Crippen molar-refractivity contribution in [2.75, 3.05) is 0 Å². The van der Waals surface area contributed by atoms with Crippen molar-refractivity contribution in [1.29, 1.82) is 0 Å². The number of rotatable bonds is 2. The molecule has 2 aliphatic rings. The number of carbonyl (C=O) groups excluding carboxylic acids is 2. The van der Waals surface area contributed by atoms with Gasteiger partial charge in [0.05, 0.1) is 12.2 Å². The molecule has 1 spiro atoms. The van der Waals surface area contributed by atoms with Crippen molar-refractivity contribution in [3.05, 3.63) is 35.8 Å². The van der Waals surface area contributed by atoms with Crippen LogP contribution >= 0.6 is 0 Å². The van der Waals surface area contributed by atoms with Gasteiger partial charge in [-0.3, -0.25) is 9.69 Å². The van der Waals surface area contributed by atoms with Gasteiger partial charge in [-0.25, -0.2) is 9.78 Å². The molecular formula is C18H22N4O2. The van der Waals surface area contributed by atoms with Crippen LogP contribution in [0.5, 0.6) is 0 Å². The zero-order chi connectivity index (χ0) is 16.7. The zero-order valence-electron chi connectivity index (χ0n) is 13.9. The van der Waals surface area contributed by atoms with Crippen molar-refractivity contribution in [2.45, 2.75) is 57.5 Å². The largest absolute Gasteiger partial charge is 0.325 e. The van der Waals surface area contributed by atoms with Crippen molar-refractivity contribution in [2.24, 2.45) is 0 Å². The molecule has 1 aliphatic carbocycles. The number of amides is 3. The predicted molar refractivity (Wildman–Crippen MR) is 89.4 cm³/mol. The molecule has 0 aromatic carbocycles. The van der Waals surface area contributed by atoms with Crippen LogP contribution in [0.15, 0.2) is 24.5 Å². The summed E-state index contributed by atoms with van der Waals surface area (Å²) in [5.74, 6) is -0.0809. The van der Waals surface area contributed by atoms with Crippen LogP contribution in [0.1, 0.15) is 49.8 Å². The zero-order valence-corrected chi connectivity index (χ0v) is 13.9. The Morgan fingerprint density at radius 1 is 1.12 bits per heavy atom. The Hall–Kier alpha value is -2.37. The number of nitrogens with one attached hydrogen (secondary N) is 1. The van der Waals surface area contributed by atoms with E-state index in [4.69, 9.17) is 0 Å². The van der Waals surface area contributed by atoms with E-state index in [1.165, 1.54) is 4.90 Å². The Morgan fingerprint density at radius 3 is 2.62 bits per heavy atom. The number of aryl methyl sites for hydroxylation is 1. The molecule has 0 unspecified atom stereocenters. The van der Waals surface area contributed by atoms with Crippen molar-refractivity contribution in [3.63, 3.8) is 0 Å². The van der Waals surface area contributed by atoms with E-state index < -0.39 is 5.54 Å². The molecule has 0 atom stereocenters. The SMILES string of the molecule is Cc1ccc2nc(CN3C(=O)NC4(CCCCCC4)C3=O)cn2c1. The van der Waals surface area contributed by atoms with Crippen LogP contribution < -0.4 is 5.32 Å². The summed E-state index contributed by atoms with van der Waals surface area (Å²) in [6.07, 6.45) is 9.64. The standard InChI is InChI=1S/C18H22N4O2/c1-13-6-7-15-19-14(11-21(15)10-13)12-22-16(23)18(20-17(22)24)8-4-2-3-5-9-18/h6-7,10-11H,2-5,8-9,12H2,1H3,(H,20,24). The normalized spacial score (nSPS) is 20.6. The second-order valence-corrected chi connectivity index (χ2v) is 7.02. The van der Waals surface area contributed by atoms with Crippen molar-refractivity contribution < 1.29 is 9.59 Å². The Balaban J connectivity index is 1.59. The number of imidazole rings is 1. The molecule has 1 aliphatic heterocycles. The molecule has 2 aromatic heterocycles. The van der Waals surface area contributed by atoms with Crippen molar-refractivity contribution in [3.8, 4) is 0 Å². The van der Waals surface area contributed by atoms with Gasteiger partial charge in [0.1, 0.15) is 11.2 Å². The highest BCUT2D eigenvalue weighted by molar-refractivity contribution is 6.06. The lowest BCUT2D eigenvalue weighted by Gasteiger charge is -2.24. The first-order valence-electron chi connectivity index (χ1n) is 8.66. The molecule has 2 fully saturated rings. The fourth-order valence-corrected chi connectivity index (χ4v) is 3.88. The fourth-order valence-electron chi connectivity index (χ4n) is 3.88. The molecule has 126 valence electrons. The molecule has 1 saturated heterocycles. The van der Waals surface area contributed by atoms with Crippen LogP contribution in [0.25, 0.3) is 5.65 Å². The van der Waals surface area contributed by atoms with Gasteiger partial charge >= 0.3 is 6.03 Å². The van der Waals surface area contributed by atoms with E-state index in [2.05, 4.69) is 10.3 Å². The lowest BCUT2D eigenvalue weighted by Crippen LogP contribution is -2.46. The lowest BCUT2D eigenvalue weighted by atomic mass is 9.90. The molecule has 0 radical (unpaired) electrons. The molecule has 2 aromatic rings. The second-order valence-electron chi connectivity index (χ2n) is 7.02. The maximum Gasteiger partial charge on any atom is 0.325 e. The summed E-state index contributed by atoms with van der Waals surface area (Å²) in [5, 5.41) is 2.98. The summed E-state index contributed by atoms with van der Waals surface area (Å²) in [6, 6.07) is 3.66. The predicted octanol–water partition coefficient (Wildman–Crippen LogP) is 2.79. The van der Waals surface area contributed by atoms with Crippen molar-refractivity contribution >= 4 is 17.6 Å². The molecule has 0 bridgehead atoms. The number of nitrogens with zero attached hydrogens (tertiary/aromatic N) is 3. The van der Waals surface area contributed by atoms with Gasteiger partial charge in [0.25, 0.3) is 5.91 Å². The molecule has 24 heavy (non-hydrogen) atoms. The van der Waals surface area contributed by atoms with Gasteiger partial charge in [0.2, 0.25) is 0 Å². The minimum Gasteiger partial charge on any atom is -0.323 e. The van der Waals surface area contributed by atoms with Crippen molar-refractivity contribution in [1.82, 2.24) is 19.6 Å². The highest BCUT2D eigenvalue weighted by Crippen LogP contribution is 2.33. The Kier molecular flexibility index (Phi) is 3.55. The maximum absolute atomic E-state index is 12.9. The topological polar surface area (TPSA) is 66.7 Å².